The normalized spacial score (nSPS) is 27.9. The molecule has 3 atom stereocenters. The minimum atomic E-state index is -5.19. The molecule has 0 saturated carbocycles. The quantitative estimate of drug-likeness (QED) is 0.467. The lowest BCUT2D eigenvalue weighted by Gasteiger charge is -2.50. The van der Waals surface area contributed by atoms with E-state index in [1.807, 2.05) is 0 Å². The van der Waals surface area contributed by atoms with E-state index in [1.165, 1.54) is 6.92 Å². The van der Waals surface area contributed by atoms with Gasteiger partial charge in [-0.05, 0) is 25.0 Å². The molecule has 13 heteroatoms. The third-order valence-electron chi connectivity index (χ3n) is 5.56. The zero-order valence-corrected chi connectivity index (χ0v) is 16.8. The van der Waals surface area contributed by atoms with Gasteiger partial charge >= 0.3 is 18.3 Å². The maximum Gasteiger partial charge on any atom is 0.471 e. The van der Waals surface area contributed by atoms with Crippen LogP contribution < -0.4 is 0 Å². The van der Waals surface area contributed by atoms with Gasteiger partial charge in [0.05, 0.1) is 18.8 Å². The number of carbonyl (C=O) groups is 1. The minimum Gasteiger partial charge on any atom is -0.369 e. The number of ether oxygens (including phenoxy) is 1. The predicted molar refractivity (Wildman–Crippen MR) is 96.0 cm³/mol. The van der Waals surface area contributed by atoms with E-state index in [9.17, 15) is 31.1 Å². The van der Waals surface area contributed by atoms with E-state index in [4.69, 9.17) is 7.48 Å². The first-order valence-corrected chi connectivity index (χ1v) is 10.0. The number of likely N-dealkylation sites (tertiary alicyclic amines) is 1. The van der Waals surface area contributed by atoms with E-state index in [0.717, 1.165) is 16.9 Å². The Morgan fingerprint density at radius 2 is 2.06 bits per heavy atom. The number of halogens is 6. The van der Waals surface area contributed by atoms with Crippen LogP contribution in [0.4, 0.5) is 26.3 Å². The van der Waals surface area contributed by atoms with Crippen LogP contribution in [-0.4, -0.2) is 44.6 Å². The lowest BCUT2D eigenvalue weighted by molar-refractivity contribution is -0.201. The number of nitrogens with zero attached hydrogens (tertiary/aromatic N) is 4. The Morgan fingerprint density at radius 1 is 1.32 bits per heavy atom. The number of piperidine rings is 1. The predicted octanol–water partition coefficient (Wildman–Crippen LogP) is 3.98. The van der Waals surface area contributed by atoms with Crippen LogP contribution in [0.15, 0.2) is 12.3 Å². The standard InChI is InChI=1S/C18H18F6N4O2S/c1-9-6-16(14-10(3-4-30-16)5-13(31-14)17(19,20)21)7-12(11-8-27(2)26-25-11)28(9)15(29)18(22,23)24/h5,8-9,12H,3-4,6-7H2,1-2H3/t9-,12-,16-/m0/s1/i2D2,7+1. The molecule has 4 heterocycles. The van der Waals surface area contributed by atoms with Crippen LogP contribution in [0.3, 0.4) is 0 Å². The van der Waals surface area contributed by atoms with Crippen LogP contribution in [0.2, 0.25) is 0 Å². The lowest BCUT2D eigenvalue weighted by Crippen LogP contribution is -2.56. The van der Waals surface area contributed by atoms with Crippen molar-refractivity contribution in [2.45, 2.75) is 56.2 Å². The first-order valence-electron chi connectivity index (χ1n) is 10.4. The van der Waals surface area contributed by atoms with Gasteiger partial charge in [-0.3, -0.25) is 9.48 Å². The molecule has 31 heavy (non-hydrogen) atoms. The average molecular weight is 471 g/mol. The van der Waals surface area contributed by atoms with E-state index in [0.29, 0.717) is 21.8 Å². The van der Waals surface area contributed by atoms with Gasteiger partial charge in [-0.1, -0.05) is 5.21 Å². The molecule has 170 valence electrons. The van der Waals surface area contributed by atoms with Crippen molar-refractivity contribution in [1.29, 1.82) is 0 Å². The second-order valence-corrected chi connectivity index (χ2v) is 8.71. The van der Waals surface area contributed by atoms with Crippen LogP contribution in [0.1, 0.15) is 49.6 Å². The van der Waals surface area contributed by atoms with Crippen molar-refractivity contribution in [3.05, 3.63) is 33.3 Å². The molecule has 0 aromatic carbocycles. The smallest absolute Gasteiger partial charge is 0.369 e. The molecule has 4 rings (SSSR count). The molecule has 0 unspecified atom stereocenters. The number of fused-ring (bicyclic) bond motifs is 2. The fourth-order valence-electron chi connectivity index (χ4n) is 4.42. The molecule has 1 spiro atoms. The number of hydrogen-bond donors (Lipinski definition) is 0. The monoisotopic (exact) mass is 471 g/mol. The number of rotatable bonds is 1. The maximum absolute atomic E-state index is 13.4. The summed E-state index contributed by atoms with van der Waals surface area (Å²) in [6.45, 7) is -0.186. The summed E-state index contributed by atoms with van der Waals surface area (Å²) in [6, 6.07) is -1.36. The minimum absolute atomic E-state index is 0.0713. The van der Waals surface area contributed by atoms with Crippen LogP contribution in [0.25, 0.3) is 0 Å². The maximum atomic E-state index is 13.4. The molecule has 0 radical (unpaired) electrons. The van der Waals surface area contributed by atoms with Crippen molar-refractivity contribution in [2.75, 3.05) is 6.61 Å². The molecule has 1 amide bonds. The fourth-order valence-corrected chi connectivity index (χ4v) is 5.66. The summed E-state index contributed by atoms with van der Waals surface area (Å²) in [5.41, 5.74) is -1.04. The zero-order valence-electron chi connectivity index (χ0n) is 18.0. The van der Waals surface area contributed by atoms with Gasteiger partial charge in [-0.15, -0.1) is 16.4 Å². The van der Waals surface area contributed by atoms with Gasteiger partial charge in [-0.25, -0.2) is 0 Å². The number of alkyl halides is 6. The Hall–Kier alpha value is -2.15. The zero-order chi connectivity index (χ0) is 24.3. The third kappa shape index (κ3) is 3.81. The van der Waals surface area contributed by atoms with Gasteiger partial charge in [0.25, 0.3) is 0 Å². The molecule has 0 N–H and O–H groups in total. The molecule has 6 nitrogen and oxygen atoms in total. The van der Waals surface area contributed by atoms with Crippen LogP contribution >= 0.6 is 11.3 Å². The number of thiophene rings is 1. The number of amides is 1. The molecule has 2 aromatic heterocycles. The summed E-state index contributed by atoms with van der Waals surface area (Å²) in [7, 11) is 0. The lowest BCUT2D eigenvalue weighted by atomic mass is 9.87. The highest BCUT2D eigenvalue weighted by molar-refractivity contribution is 7.12. The Morgan fingerprint density at radius 3 is 2.68 bits per heavy atom. The van der Waals surface area contributed by atoms with Gasteiger partial charge in [0.1, 0.15) is 16.2 Å². The highest BCUT2D eigenvalue weighted by Crippen LogP contribution is 2.53. The van der Waals surface area contributed by atoms with Gasteiger partial charge in [0, 0.05) is 33.5 Å². The molecule has 1 fully saturated rings. The third-order valence-corrected chi connectivity index (χ3v) is 6.96. The SMILES string of the molecule is [2H]C([2H])n1cc([C@@H]2[13CH2][C@]3(C[C@H](C)N2C(=O)C(F)(F)F)OCCc2cc(C(F)(F)F)sc23)nn1. The van der Waals surface area contributed by atoms with Crippen LogP contribution in [0, 0.1) is 0 Å². The fraction of sp³-hybridized carbons (Fsp3) is 0.611. The number of aryl methyl sites for hydroxylation is 1. The van der Waals surface area contributed by atoms with E-state index in [-0.39, 0.29) is 36.4 Å². The first kappa shape index (κ1) is 19.5. The summed E-state index contributed by atoms with van der Waals surface area (Å²) in [5.74, 6) is -2.11. The highest BCUT2D eigenvalue weighted by Gasteiger charge is 2.55. The van der Waals surface area contributed by atoms with Gasteiger partial charge in [-0.2, -0.15) is 26.3 Å². The summed E-state index contributed by atoms with van der Waals surface area (Å²) in [4.78, 5) is 12.3. The van der Waals surface area contributed by atoms with Crippen molar-refractivity contribution in [3.8, 4) is 0 Å². The van der Waals surface area contributed by atoms with Crippen molar-refractivity contribution >= 4 is 17.2 Å². The molecule has 1 saturated heterocycles. The number of carbonyl (C=O) groups excluding carboxylic acids is 1. The first-order chi connectivity index (χ1) is 15.2. The van der Waals surface area contributed by atoms with Crippen molar-refractivity contribution in [2.24, 2.45) is 7.00 Å². The molecular formula is C18H18F6N4O2S. The van der Waals surface area contributed by atoms with Crippen LogP contribution in [-0.2, 0) is 34.7 Å². The van der Waals surface area contributed by atoms with Gasteiger partial charge in [0.2, 0.25) is 0 Å². The summed E-state index contributed by atoms with van der Waals surface area (Å²) >= 11 is 0.495. The van der Waals surface area contributed by atoms with Crippen molar-refractivity contribution in [3.63, 3.8) is 0 Å². The second kappa shape index (κ2) is 7.19. The molecule has 2 aliphatic heterocycles. The Labute approximate surface area is 179 Å². The largest absolute Gasteiger partial charge is 0.471 e. The van der Waals surface area contributed by atoms with Crippen LogP contribution in [0.5, 0.6) is 0 Å². The van der Waals surface area contributed by atoms with E-state index in [1.54, 1.807) is 0 Å². The van der Waals surface area contributed by atoms with Crippen molar-refractivity contribution in [1.82, 2.24) is 19.9 Å². The molecule has 0 bridgehead atoms. The molecule has 0 aliphatic carbocycles. The van der Waals surface area contributed by atoms with E-state index >= 15 is 0 Å². The Kier molecular flexibility index (Phi) is 4.53. The average Bonchev–Trinajstić information content (AvgIpc) is 3.34. The summed E-state index contributed by atoms with van der Waals surface area (Å²) < 4.78 is 102. The highest BCUT2D eigenvalue weighted by atomic mass is 32.1. The van der Waals surface area contributed by atoms with E-state index < -0.39 is 47.8 Å². The number of aromatic nitrogens is 3. The Balaban J connectivity index is 1.80. The second-order valence-electron chi connectivity index (χ2n) is 7.66. The van der Waals surface area contributed by atoms with Gasteiger partial charge in [0.15, 0.2) is 0 Å². The molecule has 2 aliphatic rings. The summed E-state index contributed by atoms with van der Waals surface area (Å²) in [5, 5.41) is 7.34. The van der Waals surface area contributed by atoms with Crippen molar-refractivity contribution < 1.29 is 38.6 Å². The molecule has 2 aromatic rings. The number of hydrogen-bond acceptors (Lipinski definition) is 5. The Bertz CT molecular complexity index is 1060. The summed E-state index contributed by atoms with van der Waals surface area (Å²) in [6.07, 6.45) is -8.86. The molecular weight excluding hydrogens is 451 g/mol. The van der Waals surface area contributed by atoms with Gasteiger partial charge < -0.3 is 9.64 Å². The van der Waals surface area contributed by atoms with E-state index in [2.05, 4.69) is 10.3 Å². The topological polar surface area (TPSA) is 60.2 Å².